The van der Waals surface area contributed by atoms with Crippen molar-refractivity contribution < 1.29 is 9.59 Å². The second-order valence-corrected chi connectivity index (χ2v) is 9.94. The van der Waals surface area contributed by atoms with Crippen LogP contribution in [0.1, 0.15) is 48.4 Å². The largest absolute Gasteiger partial charge is 0.354 e. The molecule has 0 radical (unpaired) electrons. The first-order valence-corrected chi connectivity index (χ1v) is 13.7. The summed E-state index contributed by atoms with van der Waals surface area (Å²) in [7, 11) is 0. The summed E-state index contributed by atoms with van der Waals surface area (Å²) < 4.78 is 0. The monoisotopic (exact) mass is 506 g/mol. The SMILES string of the molecule is CCCCNC(=O)[C@H](Cc1ccccc1)N(Cc1ccccc1C)C(=O)CCc1cccc2ccccc12. The Kier molecular flexibility index (Phi) is 9.69. The Morgan fingerprint density at radius 1 is 0.816 bits per heavy atom. The van der Waals surface area contributed by atoms with Crippen LogP contribution >= 0.6 is 0 Å². The van der Waals surface area contributed by atoms with Crippen molar-refractivity contribution >= 4 is 22.6 Å². The summed E-state index contributed by atoms with van der Waals surface area (Å²) >= 11 is 0. The van der Waals surface area contributed by atoms with Gasteiger partial charge >= 0.3 is 0 Å². The Morgan fingerprint density at radius 2 is 1.50 bits per heavy atom. The van der Waals surface area contributed by atoms with Crippen molar-refractivity contribution in [2.45, 2.75) is 58.5 Å². The third kappa shape index (κ3) is 7.10. The fourth-order valence-electron chi connectivity index (χ4n) is 4.93. The van der Waals surface area contributed by atoms with Crippen molar-refractivity contribution in [1.29, 1.82) is 0 Å². The highest BCUT2D eigenvalue weighted by atomic mass is 16.2. The van der Waals surface area contributed by atoms with Gasteiger partial charge in [0.1, 0.15) is 6.04 Å². The smallest absolute Gasteiger partial charge is 0.243 e. The van der Waals surface area contributed by atoms with Crippen LogP contribution in [-0.2, 0) is 29.0 Å². The molecule has 4 nitrogen and oxygen atoms in total. The van der Waals surface area contributed by atoms with Gasteiger partial charge in [-0.05, 0) is 52.8 Å². The molecule has 0 spiro atoms. The molecule has 0 aromatic heterocycles. The lowest BCUT2D eigenvalue weighted by atomic mass is 9.98. The molecular weight excluding hydrogens is 468 g/mol. The van der Waals surface area contributed by atoms with Gasteiger partial charge in [-0.3, -0.25) is 9.59 Å². The minimum atomic E-state index is -0.589. The average Bonchev–Trinajstić information content (AvgIpc) is 2.95. The normalized spacial score (nSPS) is 11.7. The first-order valence-electron chi connectivity index (χ1n) is 13.7. The number of benzene rings is 4. The zero-order chi connectivity index (χ0) is 26.7. The lowest BCUT2D eigenvalue weighted by Crippen LogP contribution is -2.50. The number of nitrogens with one attached hydrogen (secondary N) is 1. The lowest BCUT2D eigenvalue weighted by Gasteiger charge is -2.32. The Labute approximate surface area is 226 Å². The van der Waals surface area contributed by atoms with Crippen molar-refractivity contribution in [3.63, 3.8) is 0 Å². The minimum Gasteiger partial charge on any atom is -0.354 e. The summed E-state index contributed by atoms with van der Waals surface area (Å²) in [6.07, 6.45) is 3.36. The van der Waals surface area contributed by atoms with Gasteiger partial charge in [0.05, 0.1) is 0 Å². The Bertz CT molecular complexity index is 1340. The Hall–Kier alpha value is -3.92. The van der Waals surface area contributed by atoms with E-state index in [4.69, 9.17) is 0 Å². The molecule has 0 saturated carbocycles. The molecule has 1 N–H and O–H groups in total. The number of aryl methyl sites for hydroxylation is 2. The number of nitrogens with zero attached hydrogens (tertiary/aromatic N) is 1. The molecule has 0 aliphatic heterocycles. The molecule has 0 fully saturated rings. The van der Waals surface area contributed by atoms with Gasteiger partial charge in [0.25, 0.3) is 0 Å². The van der Waals surface area contributed by atoms with Gasteiger partial charge in [-0.2, -0.15) is 0 Å². The molecule has 0 aliphatic rings. The fraction of sp³-hybridized carbons (Fsp3) is 0.294. The second kappa shape index (κ2) is 13.6. The van der Waals surface area contributed by atoms with E-state index in [1.54, 1.807) is 0 Å². The number of hydrogen-bond acceptors (Lipinski definition) is 2. The van der Waals surface area contributed by atoms with E-state index < -0.39 is 6.04 Å². The molecule has 0 unspecified atom stereocenters. The number of carbonyl (C=O) groups is 2. The van der Waals surface area contributed by atoms with Gasteiger partial charge in [-0.1, -0.05) is 110 Å². The molecule has 38 heavy (non-hydrogen) atoms. The summed E-state index contributed by atoms with van der Waals surface area (Å²) in [4.78, 5) is 29.4. The molecule has 1 atom stereocenters. The Balaban J connectivity index is 1.63. The summed E-state index contributed by atoms with van der Waals surface area (Å²) in [6.45, 7) is 5.18. The van der Waals surface area contributed by atoms with Gasteiger partial charge in [0.2, 0.25) is 11.8 Å². The van der Waals surface area contributed by atoms with Crippen LogP contribution in [-0.4, -0.2) is 29.3 Å². The Morgan fingerprint density at radius 3 is 2.29 bits per heavy atom. The van der Waals surface area contributed by atoms with E-state index >= 15 is 0 Å². The molecule has 0 saturated heterocycles. The first-order chi connectivity index (χ1) is 18.6. The molecule has 4 rings (SSSR count). The number of rotatable bonds is 12. The number of carbonyl (C=O) groups excluding carboxylic acids is 2. The van der Waals surface area contributed by atoms with Crippen molar-refractivity contribution in [2.75, 3.05) is 6.54 Å². The van der Waals surface area contributed by atoms with Crippen LogP contribution in [0.15, 0.2) is 97.1 Å². The fourth-order valence-corrected chi connectivity index (χ4v) is 4.93. The quantitative estimate of drug-likeness (QED) is 0.219. The zero-order valence-electron chi connectivity index (χ0n) is 22.5. The summed E-state index contributed by atoms with van der Waals surface area (Å²) in [6, 6.07) is 32.0. The number of unbranched alkanes of at least 4 members (excludes halogenated alkanes) is 1. The van der Waals surface area contributed by atoms with Gasteiger partial charge < -0.3 is 10.2 Å². The lowest BCUT2D eigenvalue weighted by molar-refractivity contribution is -0.141. The second-order valence-electron chi connectivity index (χ2n) is 9.94. The molecule has 2 amide bonds. The predicted molar refractivity (Wildman–Crippen MR) is 156 cm³/mol. The third-order valence-electron chi connectivity index (χ3n) is 7.19. The first kappa shape index (κ1) is 27.1. The highest BCUT2D eigenvalue weighted by molar-refractivity contribution is 5.89. The third-order valence-corrected chi connectivity index (χ3v) is 7.19. The van der Waals surface area contributed by atoms with Crippen LogP contribution in [0.5, 0.6) is 0 Å². The topological polar surface area (TPSA) is 49.4 Å². The molecule has 4 aromatic carbocycles. The van der Waals surface area contributed by atoms with Crippen molar-refractivity contribution in [2.24, 2.45) is 0 Å². The average molecular weight is 507 g/mol. The van der Waals surface area contributed by atoms with Crippen LogP contribution in [0.3, 0.4) is 0 Å². The van der Waals surface area contributed by atoms with Gasteiger partial charge in [0.15, 0.2) is 0 Å². The molecule has 4 heteroatoms. The number of fused-ring (bicyclic) bond motifs is 1. The van der Waals surface area contributed by atoms with Crippen LogP contribution in [0.25, 0.3) is 10.8 Å². The van der Waals surface area contributed by atoms with E-state index in [1.807, 2.05) is 65.6 Å². The zero-order valence-corrected chi connectivity index (χ0v) is 22.5. The predicted octanol–water partition coefficient (Wildman–Crippen LogP) is 6.64. The van der Waals surface area contributed by atoms with Crippen molar-refractivity contribution in [3.05, 3.63) is 119 Å². The van der Waals surface area contributed by atoms with Crippen LogP contribution in [0.4, 0.5) is 0 Å². The summed E-state index contributed by atoms with van der Waals surface area (Å²) in [5.41, 5.74) is 4.37. The minimum absolute atomic E-state index is 0.00670. The van der Waals surface area contributed by atoms with Crippen LogP contribution < -0.4 is 5.32 Å². The van der Waals surface area contributed by atoms with Crippen LogP contribution in [0.2, 0.25) is 0 Å². The molecule has 0 heterocycles. The van der Waals surface area contributed by atoms with E-state index in [2.05, 4.69) is 55.6 Å². The van der Waals surface area contributed by atoms with Gasteiger partial charge in [-0.25, -0.2) is 0 Å². The van der Waals surface area contributed by atoms with E-state index in [0.717, 1.165) is 35.1 Å². The van der Waals surface area contributed by atoms with Crippen LogP contribution in [0, 0.1) is 6.92 Å². The highest BCUT2D eigenvalue weighted by Gasteiger charge is 2.30. The van der Waals surface area contributed by atoms with E-state index in [0.29, 0.717) is 32.4 Å². The van der Waals surface area contributed by atoms with Crippen molar-refractivity contribution in [3.8, 4) is 0 Å². The van der Waals surface area contributed by atoms with E-state index in [-0.39, 0.29) is 11.8 Å². The van der Waals surface area contributed by atoms with Crippen molar-refractivity contribution in [1.82, 2.24) is 10.2 Å². The maximum absolute atomic E-state index is 14.0. The molecule has 196 valence electrons. The highest BCUT2D eigenvalue weighted by Crippen LogP contribution is 2.22. The molecule has 0 bridgehead atoms. The molecular formula is C34H38N2O2. The van der Waals surface area contributed by atoms with E-state index in [1.165, 1.54) is 10.8 Å². The number of hydrogen-bond donors (Lipinski definition) is 1. The molecule has 0 aliphatic carbocycles. The van der Waals surface area contributed by atoms with Gasteiger partial charge in [-0.15, -0.1) is 0 Å². The standard InChI is InChI=1S/C34H38N2O2/c1-3-4-23-35-34(38)32(24-27-14-6-5-7-15-27)36(25-30-17-9-8-13-26(30)2)33(37)22-21-29-19-12-18-28-16-10-11-20-31(28)29/h5-20,32H,3-4,21-25H2,1-2H3,(H,35,38)/t32-/m0/s1. The maximum atomic E-state index is 14.0. The summed E-state index contributed by atoms with van der Waals surface area (Å²) in [5.74, 6) is -0.0952. The molecule has 4 aromatic rings. The van der Waals surface area contributed by atoms with E-state index in [9.17, 15) is 9.59 Å². The number of amides is 2. The summed E-state index contributed by atoms with van der Waals surface area (Å²) in [5, 5.41) is 5.45. The van der Waals surface area contributed by atoms with Gasteiger partial charge in [0, 0.05) is 25.9 Å². The maximum Gasteiger partial charge on any atom is 0.243 e.